The van der Waals surface area contributed by atoms with Crippen molar-refractivity contribution in [1.29, 1.82) is 0 Å². The van der Waals surface area contributed by atoms with Crippen LogP contribution < -0.4 is 0 Å². The SMILES string of the molecule is Cc1nc(C2CC2)sc1C(=O)N1CCc2ccccc2C1. The second-order valence-electron chi connectivity index (χ2n) is 5.99. The minimum Gasteiger partial charge on any atom is -0.333 e. The summed E-state index contributed by atoms with van der Waals surface area (Å²) in [7, 11) is 0. The maximum absolute atomic E-state index is 12.8. The standard InChI is InChI=1S/C17H18N2OS/c1-11-15(21-16(18-11)13-6-7-13)17(20)19-9-8-12-4-2-3-5-14(12)10-19/h2-5,13H,6-10H2,1H3. The highest BCUT2D eigenvalue weighted by atomic mass is 32.1. The highest BCUT2D eigenvalue weighted by Gasteiger charge is 2.30. The Kier molecular flexibility index (Phi) is 3.07. The zero-order valence-electron chi connectivity index (χ0n) is 12.1. The van der Waals surface area contributed by atoms with E-state index in [-0.39, 0.29) is 5.91 Å². The number of carbonyl (C=O) groups is 1. The Hall–Kier alpha value is -1.68. The molecule has 0 bridgehead atoms. The predicted molar refractivity (Wildman–Crippen MR) is 83.7 cm³/mol. The summed E-state index contributed by atoms with van der Waals surface area (Å²) in [6.45, 7) is 3.50. The van der Waals surface area contributed by atoms with Crippen LogP contribution in [0.1, 0.15) is 50.3 Å². The fraction of sp³-hybridized carbons (Fsp3) is 0.412. The average Bonchev–Trinajstić information content (AvgIpc) is 3.29. The predicted octanol–water partition coefficient (Wildman–Crippen LogP) is 3.53. The van der Waals surface area contributed by atoms with Gasteiger partial charge in [0.15, 0.2) is 0 Å². The van der Waals surface area contributed by atoms with Crippen molar-refractivity contribution in [1.82, 2.24) is 9.88 Å². The van der Waals surface area contributed by atoms with Crippen LogP contribution >= 0.6 is 11.3 Å². The lowest BCUT2D eigenvalue weighted by atomic mass is 10.00. The first-order valence-corrected chi connectivity index (χ1v) is 8.37. The van der Waals surface area contributed by atoms with Crippen LogP contribution in [0.2, 0.25) is 0 Å². The molecular formula is C17H18N2OS. The van der Waals surface area contributed by atoms with Gasteiger partial charge in [-0.1, -0.05) is 24.3 Å². The molecule has 1 aliphatic heterocycles. The minimum absolute atomic E-state index is 0.159. The van der Waals surface area contributed by atoms with Crippen molar-refractivity contribution in [3.8, 4) is 0 Å². The number of thiazole rings is 1. The molecule has 1 fully saturated rings. The van der Waals surface area contributed by atoms with Gasteiger partial charge in [0.05, 0.1) is 10.7 Å². The number of carbonyl (C=O) groups excluding carboxylic acids is 1. The summed E-state index contributed by atoms with van der Waals surface area (Å²) in [5, 5.41) is 1.16. The van der Waals surface area contributed by atoms with Gasteiger partial charge in [-0.05, 0) is 37.3 Å². The van der Waals surface area contributed by atoms with Crippen LogP contribution in [0.3, 0.4) is 0 Å². The van der Waals surface area contributed by atoms with Crippen LogP contribution in [0, 0.1) is 6.92 Å². The van der Waals surface area contributed by atoms with Crippen molar-refractivity contribution in [2.75, 3.05) is 6.54 Å². The normalized spacial score (nSPS) is 17.7. The van der Waals surface area contributed by atoms with Crippen LogP contribution in [0.25, 0.3) is 0 Å². The van der Waals surface area contributed by atoms with Gasteiger partial charge in [-0.15, -0.1) is 11.3 Å². The van der Waals surface area contributed by atoms with E-state index in [4.69, 9.17) is 0 Å². The first-order chi connectivity index (χ1) is 10.2. The number of aryl methyl sites for hydroxylation is 1. The van der Waals surface area contributed by atoms with E-state index >= 15 is 0 Å². The molecule has 0 saturated heterocycles. The number of amides is 1. The van der Waals surface area contributed by atoms with Crippen LogP contribution in [0.5, 0.6) is 0 Å². The fourth-order valence-corrected chi connectivity index (χ4v) is 4.14. The van der Waals surface area contributed by atoms with Gasteiger partial charge >= 0.3 is 0 Å². The number of aromatic nitrogens is 1. The summed E-state index contributed by atoms with van der Waals surface area (Å²) in [6, 6.07) is 8.42. The second-order valence-corrected chi connectivity index (χ2v) is 7.02. The summed E-state index contributed by atoms with van der Waals surface area (Å²) in [6.07, 6.45) is 3.42. The quantitative estimate of drug-likeness (QED) is 0.850. The molecule has 1 aromatic carbocycles. The van der Waals surface area contributed by atoms with Crippen molar-refractivity contribution in [2.24, 2.45) is 0 Å². The molecule has 1 amide bonds. The van der Waals surface area contributed by atoms with Gasteiger partial charge in [-0.3, -0.25) is 4.79 Å². The topological polar surface area (TPSA) is 33.2 Å². The third-order valence-corrected chi connectivity index (χ3v) is 5.66. The van der Waals surface area contributed by atoms with Gasteiger partial charge in [0.2, 0.25) is 0 Å². The Labute approximate surface area is 128 Å². The molecule has 2 aromatic rings. The zero-order chi connectivity index (χ0) is 14.4. The van der Waals surface area contributed by atoms with Crippen LogP contribution in [0.4, 0.5) is 0 Å². The molecule has 0 spiro atoms. The zero-order valence-corrected chi connectivity index (χ0v) is 12.9. The molecule has 4 heteroatoms. The summed E-state index contributed by atoms with van der Waals surface area (Å²) < 4.78 is 0. The van der Waals surface area contributed by atoms with Gasteiger partial charge < -0.3 is 4.90 Å². The van der Waals surface area contributed by atoms with Crippen molar-refractivity contribution in [3.05, 3.63) is 51.0 Å². The van der Waals surface area contributed by atoms with Gasteiger partial charge in [0, 0.05) is 19.0 Å². The summed E-state index contributed by atoms with van der Waals surface area (Å²) in [4.78, 5) is 20.2. The lowest BCUT2D eigenvalue weighted by molar-refractivity contribution is 0.0738. The third kappa shape index (κ3) is 2.38. The van der Waals surface area contributed by atoms with E-state index < -0.39 is 0 Å². The van der Waals surface area contributed by atoms with Crippen LogP contribution in [-0.4, -0.2) is 22.3 Å². The Morgan fingerprint density at radius 3 is 2.81 bits per heavy atom. The minimum atomic E-state index is 0.159. The molecule has 0 N–H and O–H groups in total. The van der Waals surface area contributed by atoms with Crippen LogP contribution in [0.15, 0.2) is 24.3 Å². The van der Waals surface area contributed by atoms with Gasteiger partial charge in [0.25, 0.3) is 5.91 Å². The molecule has 2 heterocycles. The lowest BCUT2D eigenvalue weighted by Crippen LogP contribution is -2.35. The average molecular weight is 298 g/mol. The van der Waals surface area contributed by atoms with Crippen molar-refractivity contribution in [3.63, 3.8) is 0 Å². The summed E-state index contributed by atoms with van der Waals surface area (Å²) >= 11 is 1.61. The Morgan fingerprint density at radius 1 is 1.29 bits per heavy atom. The van der Waals surface area contributed by atoms with E-state index in [1.54, 1.807) is 11.3 Å². The van der Waals surface area contributed by atoms with E-state index in [0.29, 0.717) is 5.92 Å². The molecule has 1 saturated carbocycles. The summed E-state index contributed by atoms with van der Waals surface area (Å²) in [5.41, 5.74) is 3.56. The molecule has 4 rings (SSSR count). The van der Waals surface area contributed by atoms with E-state index in [1.807, 2.05) is 11.8 Å². The molecular weight excluding hydrogens is 280 g/mol. The number of hydrogen-bond acceptors (Lipinski definition) is 3. The highest BCUT2D eigenvalue weighted by molar-refractivity contribution is 7.13. The molecule has 1 aliphatic carbocycles. The monoisotopic (exact) mass is 298 g/mol. The molecule has 21 heavy (non-hydrogen) atoms. The first kappa shape index (κ1) is 13.0. The molecule has 0 radical (unpaired) electrons. The van der Waals surface area contributed by atoms with E-state index in [1.165, 1.54) is 24.0 Å². The van der Waals surface area contributed by atoms with Gasteiger partial charge in [-0.2, -0.15) is 0 Å². The first-order valence-electron chi connectivity index (χ1n) is 7.56. The fourth-order valence-electron chi connectivity index (χ4n) is 2.93. The molecule has 2 aliphatic rings. The highest BCUT2D eigenvalue weighted by Crippen LogP contribution is 2.42. The van der Waals surface area contributed by atoms with E-state index in [9.17, 15) is 4.79 Å². The van der Waals surface area contributed by atoms with Gasteiger partial charge in [0.1, 0.15) is 4.88 Å². The van der Waals surface area contributed by atoms with Crippen molar-refractivity contribution >= 4 is 17.2 Å². The molecule has 0 atom stereocenters. The second kappa shape index (κ2) is 4.95. The maximum Gasteiger partial charge on any atom is 0.266 e. The number of nitrogens with zero attached hydrogens (tertiary/aromatic N) is 2. The Balaban J connectivity index is 1.58. The molecule has 3 nitrogen and oxygen atoms in total. The number of rotatable bonds is 2. The Morgan fingerprint density at radius 2 is 2.05 bits per heavy atom. The molecule has 0 unspecified atom stereocenters. The summed E-state index contributed by atoms with van der Waals surface area (Å²) in [5.74, 6) is 0.781. The number of fused-ring (bicyclic) bond motifs is 1. The number of hydrogen-bond donors (Lipinski definition) is 0. The maximum atomic E-state index is 12.8. The van der Waals surface area contributed by atoms with Crippen molar-refractivity contribution in [2.45, 2.75) is 38.6 Å². The van der Waals surface area contributed by atoms with E-state index in [0.717, 1.165) is 35.1 Å². The number of benzene rings is 1. The smallest absolute Gasteiger partial charge is 0.266 e. The molecule has 1 aromatic heterocycles. The van der Waals surface area contributed by atoms with E-state index in [2.05, 4.69) is 29.2 Å². The van der Waals surface area contributed by atoms with Crippen molar-refractivity contribution < 1.29 is 4.79 Å². The largest absolute Gasteiger partial charge is 0.333 e. The van der Waals surface area contributed by atoms with Crippen LogP contribution in [-0.2, 0) is 13.0 Å². The van der Waals surface area contributed by atoms with Gasteiger partial charge in [-0.25, -0.2) is 4.98 Å². The molecule has 108 valence electrons. The Bertz CT molecular complexity index is 703. The third-order valence-electron chi connectivity index (χ3n) is 4.35. The lowest BCUT2D eigenvalue weighted by Gasteiger charge is -2.28.